The summed E-state index contributed by atoms with van der Waals surface area (Å²) in [5, 5.41) is 3.46. The maximum absolute atomic E-state index is 12.6. The van der Waals surface area contributed by atoms with E-state index in [9.17, 15) is 4.79 Å². The monoisotopic (exact) mass is 348 g/mol. The van der Waals surface area contributed by atoms with Crippen LogP contribution in [0.5, 0.6) is 0 Å². The van der Waals surface area contributed by atoms with E-state index in [1.165, 1.54) is 11.3 Å². The number of rotatable bonds is 3. The van der Waals surface area contributed by atoms with E-state index in [2.05, 4.69) is 28.4 Å². The van der Waals surface area contributed by atoms with Gasteiger partial charge in [-0.05, 0) is 42.3 Å². The van der Waals surface area contributed by atoms with Crippen LogP contribution in [0.15, 0.2) is 72.8 Å². The van der Waals surface area contributed by atoms with Gasteiger partial charge in [-0.25, -0.2) is 0 Å². The molecule has 3 nitrogen and oxygen atoms in total. The SMILES string of the molecule is O=C(Nc1ccccc1N1CCc2ccccc21)c1ccccc1Cl. The first-order valence-electron chi connectivity index (χ1n) is 8.24. The number of nitrogens with zero attached hydrogens (tertiary/aromatic N) is 1. The van der Waals surface area contributed by atoms with Crippen molar-refractivity contribution < 1.29 is 4.79 Å². The largest absolute Gasteiger partial charge is 0.339 e. The van der Waals surface area contributed by atoms with Crippen molar-refractivity contribution in [3.05, 3.63) is 88.9 Å². The van der Waals surface area contributed by atoms with Crippen molar-refractivity contribution in [1.29, 1.82) is 0 Å². The molecule has 0 aliphatic carbocycles. The standard InChI is InChI=1S/C21H17ClN2O/c22-17-9-3-2-8-16(17)21(25)23-18-10-4-6-12-20(18)24-14-13-15-7-1-5-11-19(15)24/h1-12H,13-14H2,(H,23,25). The van der Waals surface area contributed by atoms with Crippen LogP contribution in [0.4, 0.5) is 17.1 Å². The molecule has 0 spiro atoms. The molecule has 3 aromatic rings. The van der Waals surface area contributed by atoms with Crippen molar-refractivity contribution in [2.75, 3.05) is 16.8 Å². The lowest BCUT2D eigenvalue weighted by Crippen LogP contribution is -2.18. The molecule has 3 aromatic carbocycles. The van der Waals surface area contributed by atoms with Gasteiger partial charge in [0, 0.05) is 12.2 Å². The molecule has 25 heavy (non-hydrogen) atoms. The highest BCUT2D eigenvalue weighted by molar-refractivity contribution is 6.34. The van der Waals surface area contributed by atoms with Gasteiger partial charge in [0.25, 0.3) is 5.91 Å². The zero-order valence-corrected chi connectivity index (χ0v) is 14.3. The van der Waals surface area contributed by atoms with Crippen LogP contribution in [0.3, 0.4) is 0 Å². The predicted molar refractivity (Wildman–Crippen MR) is 103 cm³/mol. The lowest BCUT2D eigenvalue weighted by Gasteiger charge is -2.23. The molecule has 0 saturated carbocycles. The van der Waals surface area contributed by atoms with Gasteiger partial charge in [-0.3, -0.25) is 4.79 Å². The number of hydrogen-bond donors (Lipinski definition) is 1. The van der Waals surface area contributed by atoms with Gasteiger partial charge in [0.1, 0.15) is 0 Å². The number of halogens is 1. The van der Waals surface area contributed by atoms with Crippen molar-refractivity contribution >= 4 is 34.6 Å². The quantitative estimate of drug-likeness (QED) is 0.697. The zero-order chi connectivity index (χ0) is 17.2. The molecule has 0 unspecified atom stereocenters. The first kappa shape index (κ1) is 15.7. The maximum atomic E-state index is 12.6. The van der Waals surface area contributed by atoms with Crippen LogP contribution in [0.2, 0.25) is 5.02 Å². The van der Waals surface area contributed by atoms with Crippen LogP contribution in [-0.2, 0) is 6.42 Å². The van der Waals surface area contributed by atoms with Gasteiger partial charge in [-0.15, -0.1) is 0 Å². The van der Waals surface area contributed by atoms with E-state index in [1.54, 1.807) is 12.1 Å². The summed E-state index contributed by atoms with van der Waals surface area (Å²) < 4.78 is 0. The van der Waals surface area contributed by atoms with Crippen LogP contribution in [0.1, 0.15) is 15.9 Å². The second-order valence-electron chi connectivity index (χ2n) is 5.98. The molecule has 4 heteroatoms. The van der Waals surface area contributed by atoms with Gasteiger partial charge >= 0.3 is 0 Å². The number of hydrogen-bond acceptors (Lipinski definition) is 2. The Morgan fingerprint density at radius 3 is 2.40 bits per heavy atom. The molecule has 1 amide bonds. The molecule has 0 aromatic heterocycles. The molecule has 0 radical (unpaired) electrons. The summed E-state index contributed by atoms with van der Waals surface area (Å²) in [5.74, 6) is -0.203. The highest BCUT2D eigenvalue weighted by Crippen LogP contribution is 2.38. The Hall–Kier alpha value is -2.78. The number of nitrogens with one attached hydrogen (secondary N) is 1. The highest BCUT2D eigenvalue weighted by Gasteiger charge is 2.22. The smallest absolute Gasteiger partial charge is 0.257 e. The molecule has 4 rings (SSSR count). The fourth-order valence-electron chi connectivity index (χ4n) is 3.24. The Labute approximate surface area is 151 Å². The van der Waals surface area contributed by atoms with E-state index in [-0.39, 0.29) is 5.91 Å². The Kier molecular flexibility index (Phi) is 4.16. The second-order valence-corrected chi connectivity index (χ2v) is 6.39. The number of anilines is 3. The summed E-state index contributed by atoms with van der Waals surface area (Å²) in [6.45, 7) is 0.901. The minimum Gasteiger partial charge on any atom is -0.339 e. The van der Waals surface area contributed by atoms with Crippen molar-refractivity contribution in [1.82, 2.24) is 0 Å². The van der Waals surface area contributed by atoms with E-state index in [0.29, 0.717) is 10.6 Å². The van der Waals surface area contributed by atoms with Gasteiger partial charge in [0.15, 0.2) is 0 Å². The van der Waals surface area contributed by atoms with Crippen LogP contribution >= 0.6 is 11.6 Å². The topological polar surface area (TPSA) is 32.3 Å². The molecule has 124 valence electrons. The second kappa shape index (κ2) is 6.61. The fraction of sp³-hybridized carbons (Fsp3) is 0.0952. The lowest BCUT2D eigenvalue weighted by atomic mass is 10.1. The van der Waals surface area contributed by atoms with Crippen LogP contribution < -0.4 is 10.2 Å². The Morgan fingerprint density at radius 1 is 0.880 bits per heavy atom. The Bertz CT molecular complexity index is 938. The van der Waals surface area contributed by atoms with Crippen LogP contribution in [0, 0.1) is 0 Å². The molecule has 0 saturated heterocycles. The van der Waals surface area contributed by atoms with Gasteiger partial charge in [0.05, 0.1) is 22.0 Å². The summed E-state index contributed by atoms with van der Waals surface area (Å²) in [7, 11) is 0. The zero-order valence-electron chi connectivity index (χ0n) is 13.6. The average Bonchev–Trinajstić information content (AvgIpc) is 3.06. The third kappa shape index (κ3) is 2.99. The van der Waals surface area contributed by atoms with E-state index >= 15 is 0 Å². The van der Waals surface area contributed by atoms with E-state index in [0.717, 1.165) is 24.3 Å². The third-order valence-electron chi connectivity index (χ3n) is 4.45. The van der Waals surface area contributed by atoms with Gasteiger partial charge in [0.2, 0.25) is 0 Å². The first-order chi connectivity index (χ1) is 12.2. The molecule has 0 fully saturated rings. The summed E-state index contributed by atoms with van der Waals surface area (Å²) in [4.78, 5) is 14.9. The molecule has 0 atom stereocenters. The number of carbonyl (C=O) groups is 1. The van der Waals surface area contributed by atoms with Gasteiger partial charge < -0.3 is 10.2 Å². The Morgan fingerprint density at radius 2 is 1.56 bits per heavy atom. The van der Waals surface area contributed by atoms with Crippen molar-refractivity contribution in [2.45, 2.75) is 6.42 Å². The van der Waals surface area contributed by atoms with Crippen LogP contribution in [0.25, 0.3) is 0 Å². The number of para-hydroxylation sites is 3. The molecule has 1 aliphatic heterocycles. The number of benzene rings is 3. The highest BCUT2D eigenvalue weighted by atomic mass is 35.5. The van der Waals surface area contributed by atoms with Crippen molar-refractivity contribution in [3.63, 3.8) is 0 Å². The molecular formula is C21H17ClN2O. The predicted octanol–water partition coefficient (Wildman–Crippen LogP) is 5.29. The van der Waals surface area contributed by atoms with Crippen molar-refractivity contribution in [3.8, 4) is 0 Å². The van der Waals surface area contributed by atoms with E-state index in [1.807, 2.05) is 42.5 Å². The number of fused-ring (bicyclic) bond motifs is 1. The van der Waals surface area contributed by atoms with Crippen LogP contribution in [-0.4, -0.2) is 12.5 Å². The van der Waals surface area contributed by atoms with E-state index < -0.39 is 0 Å². The van der Waals surface area contributed by atoms with Gasteiger partial charge in [-0.2, -0.15) is 0 Å². The molecule has 0 bridgehead atoms. The fourth-order valence-corrected chi connectivity index (χ4v) is 3.46. The molecule has 1 heterocycles. The first-order valence-corrected chi connectivity index (χ1v) is 8.62. The molecule has 1 aliphatic rings. The average molecular weight is 349 g/mol. The molecule has 1 N–H and O–H groups in total. The summed E-state index contributed by atoms with van der Waals surface area (Å²) in [6.07, 6.45) is 1.00. The summed E-state index contributed by atoms with van der Waals surface area (Å²) >= 11 is 6.15. The number of amides is 1. The third-order valence-corrected chi connectivity index (χ3v) is 4.78. The Balaban J connectivity index is 1.67. The molecular weight excluding hydrogens is 332 g/mol. The maximum Gasteiger partial charge on any atom is 0.257 e. The van der Waals surface area contributed by atoms with E-state index in [4.69, 9.17) is 11.6 Å². The normalized spacial score (nSPS) is 12.8. The minimum atomic E-state index is -0.203. The summed E-state index contributed by atoms with van der Waals surface area (Å²) in [6, 6.07) is 23.3. The lowest BCUT2D eigenvalue weighted by molar-refractivity contribution is 0.102. The number of carbonyl (C=O) groups excluding carboxylic acids is 1. The summed E-state index contributed by atoms with van der Waals surface area (Å²) in [5.41, 5.74) is 4.77. The minimum absolute atomic E-state index is 0.203. The van der Waals surface area contributed by atoms with Gasteiger partial charge in [-0.1, -0.05) is 54.1 Å². The van der Waals surface area contributed by atoms with Crippen molar-refractivity contribution in [2.24, 2.45) is 0 Å².